The Morgan fingerprint density at radius 1 is 0.911 bits per heavy atom. The van der Waals surface area contributed by atoms with Crippen molar-refractivity contribution in [2.24, 2.45) is 5.41 Å². The molecule has 0 bridgehead atoms. The van der Waals surface area contributed by atoms with Gasteiger partial charge in [-0.3, -0.25) is 9.36 Å². The third kappa shape index (κ3) is 8.65. The number of carbonyl (C=O) groups excluding carboxylic acids is 2. The van der Waals surface area contributed by atoms with Crippen LogP contribution in [0.4, 0.5) is 0 Å². The number of carbonyl (C=O) groups is 2. The molecule has 0 fully saturated rings. The van der Waals surface area contributed by atoms with Crippen molar-refractivity contribution in [1.82, 2.24) is 5.32 Å². The van der Waals surface area contributed by atoms with Gasteiger partial charge in [0.1, 0.15) is 12.3 Å². The summed E-state index contributed by atoms with van der Waals surface area (Å²) in [6.07, 6.45) is 1.68. The Labute approximate surface area is 268 Å². The van der Waals surface area contributed by atoms with E-state index < -0.39 is 24.8 Å². The van der Waals surface area contributed by atoms with E-state index in [1.807, 2.05) is 115 Å². The molecule has 0 radical (unpaired) electrons. The molecule has 1 unspecified atom stereocenters. The van der Waals surface area contributed by atoms with Crippen LogP contribution in [-0.4, -0.2) is 49.2 Å². The average molecular weight is 640 g/mol. The van der Waals surface area contributed by atoms with E-state index in [2.05, 4.69) is 5.32 Å². The van der Waals surface area contributed by atoms with E-state index in [1.165, 1.54) is 7.11 Å². The van der Waals surface area contributed by atoms with Crippen molar-refractivity contribution < 1.29 is 23.8 Å². The first-order valence-corrected chi connectivity index (χ1v) is 17.9. The zero-order valence-electron chi connectivity index (χ0n) is 25.3. The summed E-state index contributed by atoms with van der Waals surface area (Å²) < 4.78 is 20.0. The summed E-state index contributed by atoms with van der Waals surface area (Å²) in [5.41, 5.74) is 3.71. The van der Waals surface area contributed by atoms with E-state index >= 15 is 0 Å². The molecule has 1 heterocycles. The van der Waals surface area contributed by atoms with Gasteiger partial charge in [-0.25, -0.2) is 0 Å². The quantitative estimate of drug-likeness (QED) is 0.0716. The number of esters is 1. The maximum Gasteiger partial charge on any atom is 0.323 e. The molecule has 2 N–H and O–H groups in total. The largest absolute Gasteiger partial charge is 0.468 e. The number of hydrogen-bond acceptors (Lipinski definition) is 6. The Bertz CT molecular complexity index is 1760. The van der Waals surface area contributed by atoms with Crippen LogP contribution in [0.5, 0.6) is 0 Å². The molecule has 232 valence electrons. The molecular formula is C37H38NO5PS. The van der Waals surface area contributed by atoms with Crippen LogP contribution in [0.3, 0.4) is 0 Å². The van der Waals surface area contributed by atoms with Crippen molar-refractivity contribution in [3.63, 3.8) is 0 Å². The number of aldehydes is 1. The number of fused-ring (bicyclic) bond motifs is 1. The molecule has 0 saturated carbocycles. The minimum atomic E-state index is -3.76. The highest BCUT2D eigenvalue weighted by Gasteiger charge is 2.39. The van der Waals surface area contributed by atoms with Gasteiger partial charge in [-0.2, -0.15) is 0 Å². The summed E-state index contributed by atoms with van der Waals surface area (Å²) in [7, 11) is -2.41. The lowest BCUT2D eigenvalue weighted by Crippen LogP contribution is -2.48. The van der Waals surface area contributed by atoms with Crippen LogP contribution in [-0.2, 0) is 38.2 Å². The van der Waals surface area contributed by atoms with E-state index in [0.29, 0.717) is 12.8 Å². The van der Waals surface area contributed by atoms with E-state index in [-0.39, 0.29) is 25.3 Å². The Morgan fingerprint density at radius 3 is 2.24 bits per heavy atom. The zero-order chi connectivity index (χ0) is 31.7. The number of hydrogen-bond donors (Lipinski definition) is 2. The second-order valence-electron chi connectivity index (χ2n) is 11.6. The predicted octanol–water partition coefficient (Wildman–Crippen LogP) is 7.18. The smallest absolute Gasteiger partial charge is 0.323 e. The Kier molecular flexibility index (Phi) is 10.8. The van der Waals surface area contributed by atoms with Crippen LogP contribution < -0.4 is 5.32 Å². The minimum absolute atomic E-state index is 0.0364. The van der Waals surface area contributed by atoms with Gasteiger partial charge in [-0.1, -0.05) is 103 Å². The lowest BCUT2D eigenvalue weighted by molar-refractivity contribution is -0.143. The number of nitrogens with one attached hydrogen (secondary N) is 1. The van der Waals surface area contributed by atoms with Crippen molar-refractivity contribution in [2.75, 3.05) is 26.0 Å². The molecule has 0 saturated heterocycles. The van der Waals surface area contributed by atoms with Crippen LogP contribution in [0.15, 0.2) is 115 Å². The van der Waals surface area contributed by atoms with Crippen molar-refractivity contribution in [3.8, 4) is 11.1 Å². The van der Waals surface area contributed by atoms with Crippen LogP contribution >= 0.6 is 18.7 Å². The molecule has 1 aromatic heterocycles. The van der Waals surface area contributed by atoms with Gasteiger partial charge in [0, 0.05) is 23.6 Å². The van der Waals surface area contributed by atoms with Crippen molar-refractivity contribution in [1.29, 1.82) is 0 Å². The van der Waals surface area contributed by atoms with E-state index in [4.69, 9.17) is 4.74 Å². The molecule has 6 nitrogen and oxygen atoms in total. The van der Waals surface area contributed by atoms with Crippen molar-refractivity contribution >= 4 is 41.0 Å². The number of rotatable bonds is 15. The first-order chi connectivity index (χ1) is 21.8. The maximum absolute atomic E-state index is 13.7. The van der Waals surface area contributed by atoms with Gasteiger partial charge in [0.05, 0.1) is 12.5 Å². The molecule has 3 atom stereocenters. The highest BCUT2D eigenvalue weighted by molar-refractivity contribution is 7.58. The summed E-state index contributed by atoms with van der Waals surface area (Å²) in [6, 6.07) is 34.8. The molecule has 0 aliphatic rings. The monoisotopic (exact) mass is 639 g/mol. The van der Waals surface area contributed by atoms with E-state index in [9.17, 15) is 19.0 Å². The van der Waals surface area contributed by atoms with Gasteiger partial charge in [0.2, 0.25) is 7.37 Å². The lowest BCUT2D eigenvalue weighted by atomic mass is 9.84. The summed E-state index contributed by atoms with van der Waals surface area (Å²) in [6.45, 7) is 0.0364. The fourth-order valence-corrected chi connectivity index (χ4v) is 8.81. The minimum Gasteiger partial charge on any atom is -0.468 e. The van der Waals surface area contributed by atoms with Crippen molar-refractivity contribution in [3.05, 3.63) is 131 Å². The molecule has 0 aliphatic carbocycles. The van der Waals surface area contributed by atoms with Gasteiger partial charge >= 0.3 is 5.97 Å². The highest BCUT2D eigenvalue weighted by atomic mass is 32.1. The van der Waals surface area contributed by atoms with Crippen LogP contribution in [0.1, 0.15) is 16.7 Å². The summed E-state index contributed by atoms with van der Waals surface area (Å²) >= 11 is 1.61. The molecule has 4 aromatic carbocycles. The van der Waals surface area contributed by atoms with Gasteiger partial charge < -0.3 is 19.7 Å². The van der Waals surface area contributed by atoms with E-state index in [1.54, 1.807) is 11.3 Å². The number of aryl methyl sites for hydroxylation is 1. The third-order valence-corrected chi connectivity index (χ3v) is 11.3. The van der Waals surface area contributed by atoms with Gasteiger partial charge in [0.25, 0.3) is 0 Å². The second kappa shape index (κ2) is 14.9. The van der Waals surface area contributed by atoms with Crippen LogP contribution in [0.2, 0.25) is 0 Å². The number of benzene rings is 4. The molecule has 8 heteroatoms. The Morgan fingerprint density at radius 2 is 1.56 bits per heavy atom. The fraction of sp³-hybridized carbons (Fsp3) is 0.243. The van der Waals surface area contributed by atoms with Gasteiger partial charge in [0.15, 0.2) is 0 Å². The number of ether oxygens (including phenoxy) is 1. The molecule has 0 amide bonds. The average Bonchev–Trinajstić information content (AvgIpc) is 3.49. The maximum atomic E-state index is 13.7. The molecular weight excluding hydrogens is 601 g/mol. The first-order valence-electron chi connectivity index (χ1n) is 15.0. The standard InChI is InChI=1S/C37H38NO5PS/c1-43-36(40)34(22-32-24-45-35-15-9-8-14-33(32)35)38-25-37(26-39,27-44(41,42)21-20-28-10-4-2-5-11-28)23-29-16-18-31(19-17-29)30-12-6-3-7-13-30/h2-19,24,26,34,38H,20-23,25,27H2,1H3,(H,41,42)/t34-,37+/m0/s1. The Hall–Kier alpha value is -3.87. The fourth-order valence-electron chi connectivity index (χ4n) is 5.78. The van der Waals surface area contributed by atoms with Crippen LogP contribution in [0.25, 0.3) is 21.2 Å². The Balaban J connectivity index is 1.40. The normalized spacial score (nSPS) is 14.7. The SMILES string of the molecule is COC(=O)[C@H](Cc1csc2ccccc12)NC[C@@](C=O)(Cc1ccc(-c2ccccc2)cc1)CP(=O)(O)CCc1ccccc1. The van der Waals surface area contributed by atoms with E-state index in [0.717, 1.165) is 44.2 Å². The molecule has 5 rings (SSSR count). The number of methoxy groups -OCH3 is 1. The second-order valence-corrected chi connectivity index (χ2v) is 15.0. The summed E-state index contributed by atoms with van der Waals surface area (Å²) in [5, 5.41) is 6.39. The van der Waals surface area contributed by atoms with Crippen molar-refractivity contribution in [2.45, 2.75) is 25.3 Å². The number of thiophene rings is 1. The molecule has 0 spiro atoms. The summed E-state index contributed by atoms with van der Waals surface area (Å²) in [5.74, 6) is -0.450. The molecule has 45 heavy (non-hydrogen) atoms. The topological polar surface area (TPSA) is 92.7 Å². The van der Waals surface area contributed by atoms with Gasteiger partial charge in [-0.05, 0) is 63.9 Å². The molecule has 5 aromatic rings. The lowest BCUT2D eigenvalue weighted by Gasteiger charge is -2.32. The first kappa shape index (κ1) is 32.5. The highest BCUT2D eigenvalue weighted by Crippen LogP contribution is 2.47. The zero-order valence-corrected chi connectivity index (χ0v) is 27.0. The van der Waals surface area contributed by atoms with Gasteiger partial charge in [-0.15, -0.1) is 11.3 Å². The molecule has 0 aliphatic heterocycles. The van der Waals surface area contributed by atoms with Crippen LogP contribution in [0, 0.1) is 5.41 Å². The summed E-state index contributed by atoms with van der Waals surface area (Å²) in [4.78, 5) is 37.2. The third-order valence-electron chi connectivity index (χ3n) is 8.19. The predicted molar refractivity (Wildman–Crippen MR) is 183 cm³/mol.